The van der Waals surface area contributed by atoms with Crippen LogP contribution in [-0.4, -0.2) is 12.5 Å². The molecule has 0 heterocycles. The molecule has 1 N–H and O–H groups in total. The molecule has 0 fully saturated rings. The normalized spacial score (nSPS) is 12.6. The first-order chi connectivity index (χ1) is 12.6. The highest BCUT2D eigenvalue weighted by Crippen LogP contribution is 2.31. The minimum Gasteiger partial charge on any atom is -0.483 e. The lowest BCUT2D eigenvalue weighted by Crippen LogP contribution is -2.32. The fourth-order valence-corrected chi connectivity index (χ4v) is 3.57. The molecule has 0 unspecified atom stereocenters. The van der Waals surface area contributed by atoms with E-state index in [0.717, 1.165) is 16.5 Å². The quantitative estimate of drug-likeness (QED) is 0.607. The third-order valence-electron chi connectivity index (χ3n) is 4.70. The number of carbonyl (C=O) groups is 1. The van der Waals surface area contributed by atoms with Gasteiger partial charge in [-0.15, -0.1) is 0 Å². The molecule has 0 saturated heterocycles. The molecule has 2 rings (SSSR count). The van der Waals surface area contributed by atoms with Crippen molar-refractivity contribution in [1.82, 2.24) is 5.32 Å². The van der Waals surface area contributed by atoms with Gasteiger partial charge in [0.25, 0.3) is 5.91 Å². The number of ether oxygens (including phenoxy) is 1. The topological polar surface area (TPSA) is 38.3 Å². The van der Waals surface area contributed by atoms with E-state index in [9.17, 15) is 4.79 Å². The Bertz CT molecular complexity index is 809. The van der Waals surface area contributed by atoms with Crippen molar-refractivity contribution >= 4 is 21.8 Å². The molecule has 0 saturated carbocycles. The Balaban J connectivity index is 2.01. The van der Waals surface area contributed by atoms with Crippen LogP contribution in [0, 0.1) is 13.8 Å². The van der Waals surface area contributed by atoms with Crippen LogP contribution in [-0.2, 0) is 10.2 Å². The average molecular weight is 432 g/mol. The number of carbonyl (C=O) groups excluding carboxylic acids is 1. The molecule has 0 radical (unpaired) electrons. The highest BCUT2D eigenvalue weighted by molar-refractivity contribution is 9.10. The largest absolute Gasteiger partial charge is 0.483 e. The molecule has 2 aromatic carbocycles. The van der Waals surface area contributed by atoms with E-state index in [4.69, 9.17) is 4.74 Å². The van der Waals surface area contributed by atoms with Crippen LogP contribution in [0.4, 0.5) is 0 Å². The van der Waals surface area contributed by atoms with E-state index in [1.54, 1.807) is 0 Å². The maximum absolute atomic E-state index is 12.4. The van der Waals surface area contributed by atoms with E-state index in [1.165, 1.54) is 16.7 Å². The van der Waals surface area contributed by atoms with Crippen LogP contribution in [0.15, 0.2) is 40.9 Å². The highest BCUT2D eigenvalue weighted by atomic mass is 79.9. The molecule has 4 heteroatoms. The Morgan fingerprint density at radius 1 is 1.15 bits per heavy atom. The third kappa shape index (κ3) is 5.83. The fourth-order valence-electron chi connectivity index (χ4n) is 3.08. The Labute approximate surface area is 171 Å². The summed E-state index contributed by atoms with van der Waals surface area (Å²) in [5, 5.41) is 3.09. The summed E-state index contributed by atoms with van der Waals surface area (Å²) >= 11 is 3.55. The van der Waals surface area contributed by atoms with Gasteiger partial charge in [-0.05, 0) is 70.4 Å². The van der Waals surface area contributed by atoms with Gasteiger partial charge in [-0.3, -0.25) is 4.79 Å². The number of benzene rings is 2. The van der Waals surface area contributed by atoms with Gasteiger partial charge >= 0.3 is 0 Å². The summed E-state index contributed by atoms with van der Waals surface area (Å²) < 4.78 is 6.60. The van der Waals surface area contributed by atoms with Crippen molar-refractivity contribution in [2.24, 2.45) is 0 Å². The molecule has 0 aliphatic carbocycles. The molecule has 27 heavy (non-hydrogen) atoms. The lowest BCUT2D eigenvalue weighted by Gasteiger charge is -2.21. The minimum absolute atomic E-state index is 0.00509. The van der Waals surface area contributed by atoms with Gasteiger partial charge < -0.3 is 10.1 Å². The monoisotopic (exact) mass is 431 g/mol. The second-order valence-electron chi connectivity index (χ2n) is 8.07. The third-order valence-corrected chi connectivity index (χ3v) is 5.32. The SMILES string of the molecule is CC[C@@H](NC(=O)COc1ccc(C(C)(C)C)cc1Br)c1ccc(C)cc1C. The first kappa shape index (κ1) is 21.5. The molecule has 0 aromatic heterocycles. The van der Waals surface area contributed by atoms with Crippen molar-refractivity contribution in [3.05, 3.63) is 63.1 Å². The first-order valence-corrected chi connectivity index (χ1v) is 10.2. The maximum atomic E-state index is 12.4. The summed E-state index contributed by atoms with van der Waals surface area (Å²) in [5.41, 5.74) is 4.87. The second kappa shape index (κ2) is 8.92. The molecule has 0 aliphatic heterocycles. The average Bonchev–Trinajstić information content (AvgIpc) is 2.58. The van der Waals surface area contributed by atoms with Gasteiger partial charge in [-0.25, -0.2) is 0 Å². The van der Waals surface area contributed by atoms with Crippen molar-refractivity contribution in [2.45, 2.75) is 59.4 Å². The molecule has 2 aromatic rings. The number of amides is 1. The summed E-state index contributed by atoms with van der Waals surface area (Å²) in [5.74, 6) is 0.561. The van der Waals surface area contributed by atoms with E-state index in [1.807, 2.05) is 12.1 Å². The van der Waals surface area contributed by atoms with Crippen LogP contribution in [0.3, 0.4) is 0 Å². The van der Waals surface area contributed by atoms with E-state index < -0.39 is 0 Å². The Morgan fingerprint density at radius 3 is 2.41 bits per heavy atom. The van der Waals surface area contributed by atoms with Gasteiger partial charge in [0.05, 0.1) is 10.5 Å². The van der Waals surface area contributed by atoms with E-state index in [-0.39, 0.29) is 24.0 Å². The zero-order chi connectivity index (χ0) is 20.2. The van der Waals surface area contributed by atoms with Crippen LogP contribution >= 0.6 is 15.9 Å². The van der Waals surface area contributed by atoms with Gasteiger partial charge in [-0.2, -0.15) is 0 Å². The molecular formula is C23H30BrNO2. The highest BCUT2D eigenvalue weighted by Gasteiger charge is 2.17. The van der Waals surface area contributed by atoms with E-state index in [2.05, 4.69) is 87.1 Å². The van der Waals surface area contributed by atoms with Gasteiger partial charge in [0, 0.05) is 0 Å². The fraction of sp³-hybridized carbons (Fsp3) is 0.435. The summed E-state index contributed by atoms with van der Waals surface area (Å²) in [7, 11) is 0. The number of halogens is 1. The lowest BCUT2D eigenvalue weighted by molar-refractivity contribution is -0.123. The molecule has 0 bridgehead atoms. The van der Waals surface area contributed by atoms with E-state index in [0.29, 0.717) is 5.75 Å². The van der Waals surface area contributed by atoms with Gasteiger partial charge in [0.15, 0.2) is 6.61 Å². The predicted octanol–water partition coefficient (Wildman–Crippen LogP) is 6.01. The van der Waals surface area contributed by atoms with Gasteiger partial charge in [0.2, 0.25) is 0 Å². The van der Waals surface area contributed by atoms with Gasteiger partial charge in [0.1, 0.15) is 5.75 Å². The second-order valence-corrected chi connectivity index (χ2v) is 8.93. The predicted molar refractivity (Wildman–Crippen MR) is 115 cm³/mol. The Morgan fingerprint density at radius 2 is 1.85 bits per heavy atom. The van der Waals surface area contributed by atoms with Crippen molar-refractivity contribution in [2.75, 3.05) is 6.61 Å². The van der Waals surface area contributed by atoms with E-state index >= 15 is 0 Å². The Kier molecular flexibility index (Phi) is 7.10. The zero-order valence-corrected chi connectivity index (χ0v) is 18.7. The number of nitrogens with one attached hydrogen (secondary N) is 1. The molecule has 0 aliphatic rings. The molecule has 1 atom stereocenters. The zero-order valence-electron chi connectivity index (χ0n) is 17.2. The maximum Gasteiger partial charge on any atom is 0.258 e. The van der Waals surface area contributed by atoms with Crippen molar-refractivity contribution in [1.29, 1.82) is 0 Å². The summed E-state index contributed by atoms with van der Waals surface area (Å²) in [6.45, 7) is 12.7. The standard InChI is InChI=1S/C23H30BrNO2/c1-7-20(18-10-8-15(2)12-16(18)3)25-22(26)14-27-21-11-9-17(13-19(21)24)23(4,5)6/h8-13,20H,7,14H2,1-6H3,(H,25,26)/t20-/m1/s1. The van der Waals surface area contributed by atoms with Crippen LogP contribution in [0.25, 0.3) is 0 Å². The van der Waals surface area contributed by atoms with Crippen molar-refractivity contribution in [3.8, 4) is 5.75 Å². The Hall–Kier alpha value is -1.81. The van der Waals surface area contributed by atoms with Crippen LogP contribution in [0.1, 0.15) is 62.4 Å². The van der Waals surface area contributed by atoms with Crippen molar-refractivity contribution < 1.29 is 9.53 Å². The molecule has 146 valence electrons. The number of aryl methyl sites for hydroxylation is 2. The number of hydrogen-bond donors (Lipinski definition) is 1. The molecule has 0 spiro atoms. The van der Waals surface area contributed by atoms with Crippen LogP contribution < -0.4 is 10.1 Å². The molecule has 3 nitrogen and oxygen atoms in total. The minimum atomic E-state index is -0.117. The first-order valence-electron chi connectivity index (χ1n) is 9.41. The summed E-state index contributed by atoms with van der Waals surface area (Å²) in [4.78, 5) is 12.4. The smallest absolute Gasteiger partial charge is 0.258 e. The lowest BCUT2D eigenvalue weighted by atomic mass is 9.87. The molecular weight excluding hydrogens is 402 g/mol. The molecule has 1 amide bonds. The summed E-state index contributed by atoms with van der Waals surface area (Å²) in [6, 6.07) is 12.3. The number of rotatable bonds is 6. The van der Waals surface area contributed by atoms with Gasteiger partial charge in [-0.1, -0.05) is 57.5 Å². The van der Waals surface area contributed by atoms with Crippen molar-refractivity contribution in [3.63, 3.8) is 0 Å². The number of hydrogen-bond acceptors (Lipinski definition) is 2. The van der Waals surface area contributed by atoms with Crippen LogP contribution in [0.5, 0.6) is 5.75 Å². The summed E-state index contributed by atoms with van der Waals surface area (Å²) in [6.07, 6.45) is 0.833. The van der Waals surface area contributed by atoms with Crippen LogP contribution in [0.2, 0.25) is 0 Å².